The van der Waals surface area contributed by atoms with Gasteiger partial charge in [0.2, 0.25) is 10.0 Å². The molecule has 3 N–H and O–H groups in total. The Kier molecular flexibility index (Phi) is 10.5. The number of hydrogen-bond acceptors (Lipinski definition) is 3. The molecule has 24 heavy (non-hydrogen) atoms. The minimum atomic E-state index is -3.14. The average Bonchev–Trinajstić information content (AvgIpc) is 2.46. The number of halogens is 1. The SMILES string of the molecule is CCN(CCCN=C(N)Nc1cccc(C(C)C)c1)S(C)(=O)=O.I. The van der Waals surface area contributed by atoms with E-state index in [9.17, 15) is 8.42 Å². The second kappa shape index (κ2) is 10.9. The molecule has 0 heterocycles. The molecule has 0 aliphatic rings. The van der Waals surface area contributed by atoms with E-state index < -0.39 is 10.0 Å². The third kappa shape index (κ3) is 8.29. The van der Waals surface area contributed by atoms with E-state index in [0.29, 0.717) is 37.9 Å². The fourth-order valence-electron chi connectivity index (χ4n) is 2.17. The number of guanidine groups is 1. The average molecular weight is 468 g/mol. The number of hydrogen-bond donors (Lipinski definition) is 2. The summed E-state index contributed by atoms with van der Waals surface area (Å²) in [5, 5.41) is 3.07. The highest BCUT2D eigenvalue weighted by Gasteiger charge is 2.12. The molecular weight excluding hydrogens is 439 g/mol. The molecule has 1 rings (SSSR count). The van der Waals surface area contributed by atoms with E-state index >= 15 is 0 Å². The normalized spacial score (nSPS) is 12.3. The van der Waals surface area contributed by atoms with Gasteiger partial charge in [-0.2, -0.15) is 0 Å². The molecule has 0 saturated carbocycles. The number of nitrogens with two attached hydrogens (primary N) is 1. The Hall–Kier alpha value is -0.870. The number of nitrogens with zero attached hydrogens (tertiary/aromatic N) is 2. The Morgan fingerprint density at radius 2 is 2.04 bits per heavy atom. The van der Waals surface area contributed by atoms with Crippen molar-refractivity contribution < 1.29 is 8.42 Å². The van der Waals surface area contributed by atoms with Gasteiger partial charge in [-0.1, -0.05) is 32.9 Å². The number of nitrogens with one attached hydrogen (secondary N) is 1. The maximum absolute atomic E-state index is 11.5. The quantitative estimate of drug-likeness (QED) is 0.266. The van der Waals surface area contributed by atoms with Crippen molar-refractivity contribution in [3.63, 3.8) is 0 Å². The highest BCUT2D eigenvalue weighted by molar-refractivity contribution is 14.0. The first kappa shape index (κ1) is 23.1. The first-order valence-corrected chi connectivity index (χ1v) is 9.71. The molecule has 8 heteroatoms. The van der Waals surface area contributed by atoms with Crippen LogP contribution in [0.15, 0.2) is 29.3 Å². The maximum Gasteiger partial charge on any atom is 0.211 e. The molecule has 1 aromatic carbocycles. The van der Waals surface area contributed by atoms with Gasteiger partial charge in [-0.15, -0.1) is 24.0 Å². The van der Waals surface area contributed by atoms with Crippen LogP contribution in [0.3, 0.4) is 0 Å². The smallest absolute Gasteiger partial charge is 0.211 e. The van der Waals surface area contributed by atoms with Gasteiger partial charge in [0.1, 0.15) is 0 Å². The predicted molar refractivity (Wildman–Crippen MR) is 113 cm³/mol. The van der Waals surface area contributed by atoms with Gasteiger partial charge in [0.25, 0.3) is 0 Å². The molecule has 0 radical (unpaired) electrons. The van der Waals surface area contributed by atoms with Gasteiger partial charge in [-0.05, 0) is 30.0 Å². The van der Waals surface area contributed by atoms with Gasteiger partial charge in [-0.3, -0.25) is 4.99 Å². The van der Waals surface area contributed by atoms with Gasteiger partial charge < -0.3 is 11.1 Å². The molecule has 0 bridgehead atoms. The van der Waals surface area contributed by atoms with Gasteiger partial charge in [-0.25, -0.2) is 12.7 Å². The summed E-state index contributed by atoms with van der Waals surface area (Å²) in [5.74, 6) is 0.791. The minimum Gasteiger partial charge on any atom is -0.370 e. The lowest BCUT2D eigenvalue weighted by Gasteiger charge is -2.16. The second-order valence-electron chi connectivity index (χ2n) is 5.78. The Labute approximate surface area is 163 Å². The van der Waals surface area contributed by atoms with Crippen LogP contribution in [0.2, 0.25) is 0 Å². The molecule has 6 nitrogen and oxygen atoms in total. The summed E-state index contributed by atoms with van der Waals surface area (Å²) in [7, 11) is -3.14. The minimum absolute atomic E-state index is 0. The molecule has 0 aliphatic heterocycles. The molecule has 0 spiro atoms. The Morgan fingerprint density at radius 1 is 1.38 bits per heavy atom. The lowest BCUT2D eigenvalue weighted by molar-refractivity contribution is 0.427. The Balaban J connectivity index is 0.00000529. The molecular formula is C16H29IN4O2S. The predicted octanol–water partition coefficient (Wildman–Crippen LogP) is 2.83. The van der Waals surface area contributed by atoms with Crippen LogP contribution in [0.5, 0.6) is 0 Å². The zero-order valence-corrected chi connectivity index (χ0v) is 18.0. The van der Waals surface area contributed by atoms with E-state index in [1.807, 2.05) is 19.1 Å². The van der Waals surface area contributed by atoms with Crippen molar-refractivity contribution in [1.29, 1.82) is 0 Å². The van der Waals surface area contributed by atoms with Crippen molar-refractivity contribution in [3.05, 3.63) is 29.8 Å². The van der Waals surface area contributed by atoms with E-state index in [1.54, 1.807) is 0 Å². The molecule has 0 atom stereocenters. The monoisotopic (exact) mass is 468 g/mol. The fraction of sp³-hybridized carbons (Fsp3) is 0.562. The summed E-state index contributed by atoms with van der Waals surface area (Å²) < 4.78 is 24.4. The Morgan fingerprint density at radius 3 is 2.58 bits per heavy atom. The summed E-state index contributed by atoms with van der Waals surface area (Å²) in [5.41, 5.74) is 8.01. The number of sulfonamides is 1. The van der Waals surface area contributed by atoms with Crippen LogP contribution in [0.25, 0.3) is 0 Å². The molecule has 0 saturated heterocycles. The van der Waals surface area contributed by atoms with Crippen molar-refractivity contribution >= 4 is 45.6 Å². The second-order valence-corrected chi connectivity index (χ2v) is 7.76. The van der Waals surface area contributed by atoms with Crippen LogP contribution < -0.4 is 11.1 Å². The molecule has 0 aromatic heterocycles. The molecule has 0 aliphatic carbocycles. The van der Waals surface area contributed by atoms with Crippen LogP contribution in [-0.4, -0.2) is 44.6 Å². The standard InChI is InChI=1S/C16H28N4O2S.HI/c1-5-20(23(4,21)22)11-7-10-18-16(17)19-15-9-6-8-14(12-15)13(2)3;/h6,8-9,12-13H,5,7,10-11H2,1-4H3,(H3,17,18,19);1H. The number of anilines is 1. The number of benzene rings is 1. The highest BCUT2D eigenvalue weighted by Crippen LogP contribution is 2.18. The first-order valence-electron chi connectivity index (χ1n) is 7.86. The van der Waals surface area contributed by atoms with Crippen molar-refractivity contribution in [2.75, 3.05) is 31.2 Å². The molecule has 138 valence electrons. The zero-order valence-electron chi connectivity index (χ0n) is 14.8. The van der Waals surface area contributed by atoms with Gasteiger partial charge in [0.15, 0.2) is 5.96 Å². The fourth-order valence-corrected chi connectivity index (χ4v) is 3.10. The molecule has 0 unspecified atom stereocenters. The van der Waals surface area contributed by atoms with Crippen LogP contribution >= 0.6 is 24.0 Å². The van der Waals surface area contributed by atoms with E-state index in [2.05, 4.69) is 36.3 Å². The van der Waals surface area contributed by atoms with Crippen molar-refractivity contribution in [2.24, 2.45) is 10.7 Å². The lowest BCUT2D eigenvalue weighted by atomic mass is 10.0. The van der Waals surface area contributed by atoms with E-state index in [4.69, 9.17) is 5.73 Å². The first-order chi connectivity index (χ1) is 10.7. The Bertz CT molecular complexity index is 633. The number of aliphatic imine (C=N–C) groups is 1. The van der Waals surface area contributed by atoms with E-state index in [-0.39, 0.29) is 24.0 Å². The van der Waals surface area contributed by atoms with Crippen molar-refractivity contribution in [3.8, 4) is 0 Å². The van der Waals surface area contributed by atoms with E-state index in [0.717, 1.165) is 5.69 Å². The van der Waals surface area contributed by atoms with E-state index in [1.165, 1.54) is 16.1 Å². The van der Waals surface area contributed by atoms with Gasteiger partial charge in [0.05, 0.1) is 6.26 Å². The molecule has 0 fully saturated rings. The number of rotatable bonds is 8. The summed E-state index contributed by atoms with van der Waals surface area (Å²) in [6, 6.07) is 8.05. The van der Waals surface area contributed by atoms with Crippen LogP contribution in [0, 0.1) is 0 Å². The van der Waals surface area contributed by atoms with Crippen LogP contribution in [-0.2, 0) is 10.0 Å². The largest absolute Gasteiger partial charge is 0.370 e. The highest BCUT2D eigenvalue weighted by atomic mass is 127. The van der Waals surface area contributed by atoms with Crippen LogP contribution in [0.4, 0.5) is 5.69 Å². The van der Waals surface area contributed by atoms with Crippen molar-refractivity contribution in [2.45, 2.75) is 33.1 Å². The zero-order chi connectivity index (χ0) is 17.5. The third-order valence-corrected chi connectivity index (χ3v) is 4.87. The summed E-state index contributed by atoms with van der Waals surface area (Å²) in [6.45, 7) is 7.50. The topological polar surface area (TPSA) is 87.8 Å². The summed E-state index contributed by atoms with van der Waals surface area (Å²) in [6.07, 6.45) is 1.85. The maximum atomic E-state index is 11.5. The summed E-state index contributed by atoms with van der Waals surface area (Å²) in [4.78, 5) is 4.24. The molecule has 0 amide bonds. The summed E-state index contributed by atoms with van der Waals surface area (Å²) >= 11 is 0. The van der Waals surface area contributed by atoms with Crippen molar-refractivity contribution in [1.82, 2.24) is 4.31 Å². The third-order valence-electron chi connectivity index (χ3n) is 3.50. The lowest BCUT2D eigenvalue weighted by Crippen LogP contribution is -2.31. The molecule has 1 aromatic rings. The van der Waals surface area contributed by atoms with Gasteiger partial charge >= 0.3 is 0 Å². The van der Waals surface area contributed by atoms with Crippen LogP contribution in [0.1, 0.15) is 38.7 Å². The van der Waals surface area contributed by atoms with Gasteiger partial charge in [0, 0.05) is 25.3 Å².